The van der Waals surface area contributed by atoms with Gasteiger partial charge in [-0.15, -0.1) is 11.3 Å². The number of thiophene rings is 1. The molecule has 32 heavy (non-hydrogen) atoms. The summed E-state index contributed by atoms with van der Waals surface area (Å²) in [4.78, 5) is 23.3. The van der Waals surface area contributed by atoms with Crippen molar-refractivity contribution in [2.24, 2.45) is 0 Å². The van der Waals surface area contributed by atoms with Gasteiger partial charge in [-0.1, -0.05) is 6.07 Å². The fourth-order valence-corrected chi connectivity index (χ4v) is 4.74. The van der Waals surface area contributed by atoms with E-state index in [1.54, 1.807) is 30.6 Å². The molecular weight excluding hydrogens is 425 g/mol. The first kappa shape index (κ1) is 20.5. The summed E-state index contributed by atoms with van der Waals surface area (Å²) in [6.07, 6.45) is 0. The van der Waals surface area contributed by atoms with Gasteiger partial charge in [0.2, 0.25) is 0 Å². The average Bonchev–Trinajstić information content (AvgIpc) is 3.38. The lowest BCUT2D eigenvalue weighted by molar-refractivity contribution is 0.0748. The number of carbonyl (C=O) groups is 1. The first-order valence-corrected chi connectivity index (χ1v) is 11.3. The zero-order valence-electron chi connectivity index (χ0n) is 17.6. The zero-order valence-corrected chi connectivity index (χ0v) is 18.4. The number of ether oxygens (including phenoxy) is 1. The van der Waals surface area contributed by atoms with Crippen LogP contribution in [-0.2, 0) is 0 Å². The smallest absolute Gasteiger partial charge is 0.254 e. The van der Waals surface area contributed by atoms with E-state index in [4.69, 9.17) is 4.74 Å². The quantitative estimate of drug-likeness (QED) is 0.438. The number of methoxy groups -OCH3 is 1. The number of aromatic nitrogens is 1. The molecule has 2 aromatic carbocycles. The number of pyridine rings is 1. The van der Waals surface area contributed by atoms with E-state index >= 15 is 0 Å². The Bertz CT molecular complexity index is 1250. The molecule has 5 rings (SSSR count). The molecule has 0 unspecified atom stereocenters. The van der Waals surface area contributed by atoms with Crippen LogP contribution in [0.15, 0.2) is 66.0 Å². The van der Waals surface area contributed by atoms with Crippen LogP contribution in [0.3, 0.4) is 0 Å². The van der Waals surface area contributed by atoms with Crippen molar-refractivity contribution in [2.45, 2.75) is 0 Å². The maximum Gasteiger partial charge on any atom is 0.254 e. The number of amides is 1. The van der Waals surface area contributed by atoms with E-state index < -0.39 is 0 Å². The second-order valence-electron chi connectivity index (χ2n) is 7.67. The monoisotopic (exact) mass is 447 g/mol. The summed E-state index contributed by atoms with van der Waals surface area (Å²) in [5, 5.41) is 2.53. The molecule has 0 aliphatic carbocycles. The summed E-state index contributed by atoms with van der Waals surface area (Å²) >= 11 is 1.57. The van der Waals surface area contributed by atoms with Crippen LogP contribution in [0.25, 0.3) is 21.5 Å². The van der Waals surface area contributed by atoms with Crippen molar-refractivity contribution in [1.82, 2.24) is 9.88 Å². The van der Waals surface area contributed by atoms with Gasteiger partial charge in [0.25, 0.3) is 5.91 Å². The maximum absolute atomic E-state index is 14.0. The molecule has 7 heteroatoms. The predicted molar refractivity (Wildman–Crippen MR) is 126 cm³/mol. The minimum Gasteiger partial charge on any atom is -0.497 e. The molecule has 5 nitrogen and oxygen atoms in total. The van der Waals surface area contributed by atoms with Gasteiger partial charge < -0.3 is 14.5 Å². The molecule has 1 aliphatic heterocycles. The summed E-state index contributed by atoms with van der Waals surface area (Å²) in [6.45, 7) is 2.65. The predicted octanol–water partition coefficient (Wildman–Crippen LogP) is 5.07. The number of hydrogen-bond acceptors (Lipinski definition) is 5. The molecule has 0 N–H and O–H groups in total. The highest BCUT2D eigenvalue weighted by molar-refractivity contribution is 7.13. The second kappa shape index (κ2) is 8.59. The Labute approximate surface area is 189 Å². The highest BCUT2D eigenvalue weighted by atomic mass is 32.1. The lowest BCUT2D eigenvalue weighted by Crippen LogP contribution is -2.48. The number of piperazine rings is 1. The molecule has 4 aromatic rings. The van der Waals surface area contributed by atoms with Crippen LogP contribution in [0.2, 0.25) is 0 Å². The number of fused-ring (bicyclic) bond motifs is 1. The van der Waals surface area contributed by atoms with Gasteiger partial charge in [-0.3, -0.25) is 4.79 Å². The average molecular weight is 448 g/mol. The van der Waals surface area contributed by atoms with Crippen molar-refractivity contribution < 1.29 is 13.9 Å². The Morgan fingerprint density at radius 3 is 2.50 bits per heavy atom. The van der Waals surface area contributed by atoms with Gasteiger partial charge in [0.05, 0.1) is 28.8 Å². The lowest BCUT2D eigenvalue weighted by atomic mass is 10.0. The van der Waals surface area contributed by atoms with Gasteiger partial charge in [-0.05, 0) is 60.0 Å². The van der Waals surface area contributed by atoms with Gasteiger partial charge >= 0.3 is 0 Å². The minimum atomic E-state index is -0.374. The van der Waals surface area contributed by atoms with Gasteiger partial charge in [0.15, 0.2) is 0 Å². The SMILES string of the molecule is COc1ccc(N2CCN(C(=O)c3cc(-c4cccs4)nc4ccc(F)cc34)CC2)cc1. The first-order valence-electron chi connectivity index (χ1n) is 10.4. The van der Waals surface area contributed by atoms with Crippen LogP contribution >= 0.6 is 11.3 Å². The molecule has 1 fully saturated rings. The number of rotatable bonds is 4. The number of carbonyl (C=O) groups excluding carboxylic acids is 1. The van der Waals surface area contributed by atoms with E-state index in [1.807, 2.05) is 46.7 Å². The van der Waals surface area contributed by atoms with E-state index in [9.17, 15) is 9.18 Å². The standard InChI is InChI=1S/C25H22FN3O2S/c1-31-19-7-5-18(6-8-19)28-10-12-29(13-11-28)25(30)21-16-23(24-3-2-14-32-24)27-22-9-4-17(26)15-20(21)22/h2-9,14-16H,10-13H2,1H3. The Balaban J connectivity index is 1.41. The van der Waals surface area contributed by atoms with E-state index in [-0.39, 0.29) is 11.7 Å². The van der Waals surface area contributed by atoms with Crippen LogP contribution in [0.4, 0.5) is 10.1 Å². The molecule has 2 aromatic heterocycles. The van der Waals surface area contributed by atoms with Crippen molar-refractivity contribution in [3.05, 3.63) is 77.4 Å². The maximum atomic E-state index is 14.0. The van der Waals surface area contributed by atoms with E-state index in [1.165, 1.54) is 12.1 Å². The third-order valence-electron chi connectivity index (χ3n) is 5.78. The number of benzene rings is 2. The Morgan fingerprint density at radius 2 is 1.81 bits per heavy atom. The van der Waals surface area contributed by atoms with Gasteiger partial charge in [-0.2, -0.15) is 0 Å². The van der Waals surface area contributed by atoms with Crippen molar-refractivity contribution in [2.75, 3.05) is 38.2 Å². The van der Waals surface area contributed by atoms with Crippen LogP contribution in [0, 0.1) is 5.82 Å². The highest BCUT2D eigenvalue weighted by Crippen LogP contribution is 2.29. The zero-order chi connectivity index (χ0) is 22.1. The molecule has 3 heterocycles. The molecule has 162 valence electrons. The van der Waals surface area contributed by atoms with Crippen molar-refractivity contribution in [3.8, 4) is 16.3 Å². The third-order valence-corrected chi connectivity index (χ3v) is 6.67. The van der Waals surface area contributed by atoms with Crippen molar-refractivity contribution >= 4 is 33.8 Å². The summed E-state index contributed by atoms with van der Waals surface area (Å²) < 4.78 is 19.3. The number of nitrogens with zero attached hydrogens (tertiary/aromatic N) is 3. The normalized spacial score (nSPS) is 14.1. The fourth-order valence-electron chi connectivity index (χ4n) is 4.06. The molecule has 0 spiro atoms. The van der Waals surface area contributed by atoms with Crippen molar-refractivity contribution in [3.63, 3.8) is 0 Å². The molecule has 0 atom stereocenters. The largest absolute Gasteiger partial charge is 0.497 e. The van der Waals surface area contributed by atoms with E-state index in [0.29, 0.717) is 29.6 Å². The molecule has 0 saturated carbocycles. The number of halogens is 1. The molecule has 1 amide bonds. The summed E-state index contributed by atoms with van der Waals surface area (Å²) in [5.41, 5.74) is 2.96. The third kappa shape index (κ3) is 3.91. The van der Waals surface area contributed by atoms with Crippen molar-refractivity contribution in [1.29, 1.82) is 0 Å². The van der Waals surface area contributed by atoms with Gasteiger partial charge in [-0.25, -0.2) is 9.37 Å². The van der Waals surface area contributed by atoms with E-state index in [0.717, 1.165) is 35.1 Å². The minimum absolute atomic E-state index is 0.0878. The van der Waals surface area contributed by atoms with Crippen LogP contribution < -0.4 is 9.64 Å². The highest BCUT2D eigenvalue weighted by Gasteiger charge is 2.25. The Kier molecular flexibility index (Phi) is 5.49. The number of anilines is 1. The molecular formula is C25H22FN3O2S. The lowest BCUT2D eigenvalue weighted by Gasteiger charge is -2.36. The molecule has 1 saturated heterocycles. The summed E-state index contributed by atoms with van der Waals surface area (Å²) in [7, 11) is 1.65. The fraction of sp³-hybridized carbons (Fsp3) is 0.200. The topological polar surface area (TPSA) is 45.7 Å². The molecule has 0 radical (unpaired) electrons. The molecule has 0 bridgehead atoms. The Hall–Kier alpha value is -3.45. The van der Waals surface area contributed by atoms with Crippen LogP contribution in [0.5, 0.6) is 5.75 Å². The van der Waals surface area contributed by atoms with Gasteiger partial charge in [0.1, 0.15) is 11.6 Å². The van der Waals surface area contributed by atoms with Crippen LogP contribution in [0.1, 0.15) is 10.4 Å². The number of hydrogen-bond donors (Lipinski definition) is 0. The van der Waals surface area contributed by atoms with Crippen LogP contribution in [-0.4, -0.2) is 49.1 Å². The van der Waals surface area contributed by atoms with Gasteiger partial charge in [0, 0.05) is 37.3 Å². The summed E-state index contributed by atoms with van der Waals surface area (Å²) in [5.74, 6) is 0.359. The molecule has 1 aliphatic rings. The van der Waals surface area contributed by atoms with E-state index in [2.05, 4.69) is 9.88 Å². The Morgan fingerprint density at radius 1 is 1.03 bits per heavy atom. The first-order chi connectivity index (χ1) is 15.6. The summed E-state index contributed by atoms with van der Waals surface area (Å²) in [6, 6.07) is 18.1. The second-order valence-corrected chi connectivity index (χ2v) is 8.62.